The molecule has 68 valence electrons. The Kier molecular flexibility index (Phi) is 1.55. The maximum absolute atomic E-state index is 4.44. The van der Waals surface area contributed by atoms with Crippen molar-refractivity contribution < 1.29 is 0 Å². The van der Waals surface area contributed by atoms with Gasteiger partial charge in [0.2, 0.25) is 0 Å². The second-order valence-corrected chi connectivity index (χ2v) is 3.62. The molecule has 3 rings (SSSR count). The summed E-state index contributed by atoms with van der Waals surface area (Å²) < 4.78 is 1.87. The van der Waals surface area contributed by atoms with Crippen LogP contribution in [0.4, 0.5) is 0 Å². The highest BCUT2D eigenvalue weighted by Crippen LogP contribution is 2.28. The van der Waals surface area contributed by atoms with E-state index in [1.807, 2.05) is 34.6 Å². The minimum Gasteiger partial charge on any atom is -0.284 e. The fourth-order valence-electron chi connectivity index (χ4n) is 1.80. The molecule has 3 aromatic rings. The fourth-order valence-corrected chi connectivity index (χ4v) is 2.13. The summed E-state index contributed by atoms with van der Waals surface area (Å²) in [5.74, 6) is 0. The highest BCUT2D eigenvalue weighted by atomic mass is 32.1. The number of fused-ring (bicyclic) bond motifs is 3. The van der Waals surface area contributed by atoms with Crippen LogP contribution >= 0.6 is 12.8 Å². The van der Waals surface area contributed by atoms with Crippen LogP contribution in [0.15, 0.2) is 42.7 Å². The molecule has 0 spiro atoms. The molecular weight excluding hydrogens is 192 g/mol. The summed E-state index contributed by atoms with van der Waals surface area (Å²) >= 11 is 4.44. The Balaban J connectivity index is 2.69. The van der Waals surface area contributed by atoms with Crippen molar-refractivity contribution in [2.45, 2.75) is 0 Å². The van der Waals surface area contributed by atoms with E-state index in [4.69, 9.17) is 0 Å². The first kappa shape index (κ1) is 7.88. The molecule has 0 atom stereocenters. The predicted molar refractivity (Wildman–Crippen MR) is 61.6 cm³/mol. The number of hydrogen-bond donors (Lipinski definition) is 1. The number of para-hydroxylation sites is 1. The standard InChI is InChI=1S/C11H8N2S/c14-13-10-4-2-1-3-8(10)9-5-6-12-7-11(9)13/h1-7,14H. The van der Waals surface area contributed by atoms with E-state index in [0.29, 0.717) is 0 Å². The van der Waals surface area contributed by atoms with E-state index in [1.165, 1.54) is 10.8 Å². The van der Waals surface area contributed by atoms with Crippen LogP contribution in [0, 0.1) is 0 Å². The molecule has 14 heavy (non-hydrogen) atoms. The van der Waals surface area contributed by atoms with Crippen molar-refractivity contribution in [3.8, 4) is 0 Å². The first-order valence-electron chi connectivity index (χ1n) is 4.40. The molecule has 0 aliphatic rings. The van der Waals surface area contributed by atoms with Crippen LogP contribution in [0.2, 0.25) is 0 Å². The molecule has 0 amide bonds. The highest BCUT2D eigenvalue weighted by molar-refractivity contribution is 7.79. The Bertz CT molecular complexity index is 560. The van der Waals surface area contributed by atoms with Crippen molar-refractivity contribution in [2.75, 3.05) is 0 Å². The third-order valence-corrected chi connectivity index (χ3v) is 2.88. The van der Waals surface area contributed by atoms with Gasteiger partial charge in [0.15, 0.2) is 0 Å². The van der Waals surface area contributed by atoms with Gasteiger partial charge in [0.05, 0.1) is 17.2 Å². The van der Waals surface area contributed by atoms with Crippen molar-refractivity contribution in [1.29, 1.82) is 0 Å². The molecule has 0 N–H and O–H groups in total. The lowest BCUT2D eigenvalue weighted by Crippen LogP contribution is -1.78. The topological polar surface area (TPSA) is 17.8 Å². The minimum atomic E-state index is 1.05. The second kappa shape index (κ2) is 2.75. The molecular formula is C11H8N2S. The zero-order valence-electron chi connectivity index (χ0n) is 7.38. The zero-order valence-corrected chi connectivity index (χ0v) is 8.28. The highest BCUT2D eigenvalue weighted by Gasteiger charge is 2.06. The molecule has 3 heteroatoms. The van der Waals surface area contributed by atoms with Crippen molar-refractivity contribution in [3.05, 3.63) is 42.7 Å². The minimum absolute atomic E-state index is 1.05. The Morgan fingerprint density at radius 1 is 1.00 bits per heavy atom. The van der Waals surface area contributed by atoms with E-state index in [2.05, 4.69) is 29.9 Å². The Hall–Kier alpha value is -1.48. The van der Waals surface area contributed by atoms with Crippen molar-refractivity contribution in [3.63, 3.8) is 0 Å². The van der Waals surface area contributed by atoms with E-state index in [1.54, 1.807) is 0 Å². The summed E-state index contributed by atoms with van der Waals surface area (Å²) in [5.41, 5.74) is 2.18. The molecule has 1 aromatic carbocycles. The van der Waals surface area contributed by atoms with Gasteiger partial charge >= 0.3 is 0 Å². The van der Waals surface area contributed by atoms with Gasteiger partial charge in [-0.3, -0.25) is 8.96 Å². The van der Waals surface area contributed by atoms with Gasteiger partial charge in [0.25, 0.3) is 0 Å². The van der Waals surface area contributed by atoms with Gasteiger partial charge in [0, 0.05) is 17.0 Å². The summed E-state index contributed by atoms with van der Waals surface area (Å²) in [4.78, 5) is 4.10. The Morgan fingerprint density at radius 2 is 1.79 bits per heavy atom. The van der Waals surface area contributed by atoms with Gasteiger partial charge < -0.3 is 0 Å². The average Bonchev–Trinajstić information content (AvgIpc) is 2.55. The van der Waals surface area contributed by atoms with Crippen LogP contribution in [0.1, 0.15) is 0 Å². The maximum atomic E-state index is 4.44. The van der Waals surface area contributed by atoms with Gasteiger partial charge in [-0.1, -0.05) is 31.0 Å². The molecule has 0 saturated carbocycles. The summed E-state index contributed by atoms with van der Waals surface area (Å²) in [7, 11) is 0. The molecule has 2 heterocycles. The Morgan fingerprint density at radius 3 is 2.71 bits per heavy atom. The predicted octanol–water partition coefficient (Wildman–Crippen LogP) is 2.88. The zero-order chi connectivity index (χ0) is 9.54. The lowest BCUT2D eigenvalue weighted by atomic mass is 10.2. The molecule has 2 nitrogen and oxygen atoms in total. The average molecular weight is 200 g/mol. The summed E-state index contributed by atoms with van der Waals surface area (Å²) in [5, 5.41) is 2.42. The Labute approximate surface area is 86.7 Å². The molecule has 0 aliphatic heterocycles. The van der Waals surface area contributed by atoms with E-state index >= 15 is 0 Å². The lowest BCUT2D eigenvalue weighted by molar-refractivity contribution is 1.33. The molecule has 0 unspecified atom stereocenters. The van der Waals surface area contributed by atoms with Crippen LogP contribution in [-0.4, -0.2) is 8.96 Å². The number of hydrogen-bond acceptors (Lipinski definition) is 2. The molecule has 2 aromatic heterocycles. The van der Waals surface area contributed by atoms with Crippen LogP contribution in [0.3, 0.4) is 0 Å². The van der Waals surface area contributed by atoms with Gasteiger partial charge in [-0.15, -0.1) is 0 Å². The normalized spacial score (nSPS) is 11.2. The van der Waals surface area contributed by atoms with Crippen LogP contribution in [0.5, 0.6) is 0 Å². The molecule has 0 fully saturated rings. The number of aromatic nitrogens is 2. The van der Waals surface area contributed by atoms with Crippen molar-refractivity contribution >= 4 is 34.6 Å². The maximum Gasteiger partial charge on any atom is 0.0785 e. The van der Waals surface area contributed by atoms with Crippen LogP contribution in [0.25, 0.3) is 21.8 Å². The third-order valence-electron chi connectivity index (χ3n) is 2.45. The molecule has 0 aliphatic carbocycles. The summed E-state index contributed by atoms with van der Waals surface area (Å²) in [6, 6.07) is 10.2. The van der Waals surface area contributed by atoms with Gasteiger partial charge in [-0.05, 0) is 12.1 Å². The number of pyridine rings is 1. The van der Waals surface area contributed by atoms with E-state index in [-0.39, 0.29) is 0 Å². The van der Waals surface area contributed by atoms with E-state index < -0.39 is 0 Å². The lowest BCUT2D eigenvalue weighted by Gasteiger charge is -1.93. The van der Waals surface area contributed by atoms with Crippen LogP contribution in [-0.2, 0) is 0 Å². The number of rotatable bonds is 0. The van der Waals surface area contributed by atoms with Gasteiger partial charge in [-0.25, -0.2) is 0 Å². The summed E-state index contributed by atoms with van der Waals surface area (Å²) in [6.07, 6.45) is 3.64. The monoisotopic (exact) mass is 200 g/mol. The third kappa shape index (κ3) is 0.902. The van der Waals surface area contributed by atoms with Gasteiger partial charge in [0.1, 0.15) is 0 Å². The number of thiol groups is 1. The smallest absolute Gasteiger partial charge is 0.0785 e. The first-order valence-corrected chi connectivity index (χ1v) is 4.80. The molecule has 0 bridgehead atoms. The number of nitrogens with zero attached hydrogens (tertiary/aromatic N) is 2. The van der Waals surface area contributed by atoms with E-state index in [0.717, 1.165) is 11.0 Å². The SMILES string of the molecule is Sn1c2ccccc2c2ccncc21. The quantitative estimate of drug-likeness (QED) is 0.552. The number of benzene rings is 1. The fraction of sp³-hybridized carbons (Fsp3) is 0. The van der Waals surface area contributed by atoms with Gasteiger partial charge in [-0.2, -0.15) is 0 Å². The summed E-state index contributed by atoms with van der Waals surface area (Å²) in [6.45, 7) is 0. The molecule has 0 saturated heterocycles. The first-order chi connectivity index (χ1) is 6.88. The molecule has 0 radical (unpaired) electrons. The van der Waals surface area contributed by atoms with Crippen molar-refractivity contribution in [2.24, 2.45) is 0 Å². The van der Waals surface area contributed by atoms with Crippen LogP contribution < -0.4 is 0 Å². The second-order valence-electron chi connectivity index (χ2n) is 3.22. The van der Waals surface area contributed by atoms with Crippen molar-refractivity contribution in [1.82, 2.24) is 8.96 Å². The van der Waals surface area contributed by atoms with E-state index in [9.17, 15) is 0 Å². The largest absolute Gasteiger partial charge is 0.284 e.